The number of imidazole rings is 1. The highest BCUT2D eigenvalue weighted by Crippen LogP contribution is 2.30. The van der Waals surface area contributed by atoms with Crippen LogP contribution in [-0.4, -0.2) is 51.8 Å². The highest BCUT2D eigenvalue weighted by Gasteiger charge is 2.31. The SMILES string of the molecule is Cc1cc(S(=O)(=O)NCCCCCCc2cccc3c2n(C)c(=O)n3C2CCC(=O)NC2=O)ccc1Nc1ncc(Br)c(Nc2cccc(F)c2C(N)=O)n1. The number of hydrogen-bond donors (Lipinski definition) is 5. The fourth-order valence-corrected chi connectivity index (χ4v) is 8.07. The molecule has 3 aromatic carbocycles. The van der Waals surface area contributed by atoms with Crippen LogP contribution in [0.2, 0.25) is 0 Å². The molecule has 0 aliphatic carbocycles. The van der Waals surface area contributed by atoms with Crippen molar-refractivity contribution in [2.45, 2.75) is 62.8 Å². The van der Waals surface area contributed by atoms with Crippen LogP contribution in [0.25, 0.3) is 11.0 Å². The summed E-state index contributed by atoms with van der Waals surface area (Å²) in [6.07, 6.45) is 5.66. The summed E-state index contributed by atoms with van der Waals surface area (Å²) in [6.45, 7) is 2.00. The van der Waals surface area contributed by atoms with Crippen molar-refractivity contribution in [3.05, 3.63) is 98.3 Å². The Labute approximate surface area is 324 Å². The lowest BCUT2D eigenvalue weighted by atomic mass is 10.0. The van der Waals surface area contributed by atoms with Crippen LogP contribution in [0.4, 0.5) is 27.5 Å². The second-order valence-electron chi connectivity index (χ2n) is 13.2. The average molecular weight is 837 g/mol. The van der Waals surface area contributed by atoms with Crippen molar-refractivity contribution in [3.8, 4) is 0 Å². The number of nitrogens with zero attached hydrogens (tertiary/aromatic N) is 4. The van der Waals surface area contributed by atoms with E-state index in [0.717, 1.165) is 36.4 Å². The van der Waals surface area contributed by atoms with Crippen LogP contribution in [0.3, 0.4) is 0 Å². The normalized spacial score (nSPS) is 14.6. The van der Waals surface area contributed by atoms with Gasteiger partial charge in [0.2, 0.25) is 27.8 Å². The number of nitrogens with one attached hydrogen (secondary N) is 4. The predicted molar refractivity (Wildman–Crippen MR) is 208 cm³/mol. The lowest BCUT2D eigenvalue weighted by Crippen LogP contribution is -2.44. The van der Waals surface area contributed by atoms with Gasteiger partial charge in [-0.1, -0.05) is 31.0 Å². The van der Waals surface area contributed by atoms with Crippen LogP contribution in [0.5, 0.6) is 0 Å². The number of carbonyl (C=O) groups excluding carboxylic acids is 3. The van der Waals surface area contributed by atoms with Crippen molar-refractivity contribution >= 4 is 77.8 Å². The van der Waals surface area contributed by atoms with Gasteiger partial charge in [0.1, 0.15) is 17.7 Å². The third-order valence-electron chi connectivity index (χ3n) is 9.38. The van der Waals surface area contributed by atoms with Crippen LogP contribution in [0.15, 0.2) is 75.0 Å². The Morgan fingerprint density at radius 1 is 1.04 bits per heavy atom. The Kier molecular flexibility index (Phi) is 11.8. The number of benzene rings is 3. The maximum absolute atomic E-state index is 14.3. The second-order valence-corrected chi connectivity index (χ2v) is 15.8. The number of nitrogens with two attached hydrogens (primary N) is 1. The Morgan fingerprint density at radius 3 is 2.55 bits per heavy atom. The molecule has 1 atom stereocenters. The first-order valence-electron chi connectivity index (χ1n) is 17.5. The molecule has 0 saturated carbocycles. The number of halogens is 2. The Balaban J connectivity index is 1.01. The van der Waals surface area contributed by atoms with E-state index in [0.29, 0.717) is 34.1 Å². The minimum Gasteiger partial charge on any atom is -0.365 e. The molecule has 18 heteroatoms. The van der Waals surface area contributed by atoms with E-state index in [1.54, 1.807) is 24.6 Å². The summed E-state index contributed by atoms with van der Waals surface area (Å²) in [4.78, 5) is 58.0. The van der Waals surface area contributed by atoms with Crippen LogP contribution < -0.4 is 32.1 Å². The number of rotatable bonds is 15. The molecule has 1 saturated heterocycles. The largest absolute Gasteiger partial charge is 0.365 e. The zero-order valence-electron chi connectivity index (χ0n) is 30.0. The number of hydrogen-bond acceptors (Lipinski definition) is 10. The fourth-order valence-electron chi connectivity index (χ4n) is 6.62. The number of unbranched alkanes of at least 4 members (excludes halogenated alkanes) is 3. The summed E-state index contributed by atoms with van der Waals surface area (Å²) in [5.74, 6) is -2.14. The molecule has 288 valence electrons. The van der Waals surface area contributed by atoms with Gasteiger partial charge in [-0.05, 0) is 96.1 Å². The standard InChI is InChI=1S/C37H39BrFN9O6S/c1-21-19-23(14-15-26(21)44-36-41-20-24(38)34(46-36)43-27-12-8-11-25(39)31(27)33(40)50)55(53,54)42-18-6-4-3-5-9-22-10-7-13-28-32(22)47(2)37(52)48(28)29-16-17-30(49)45-35(29)51/h7-8,10-15,19-20,29,42H,3-6,9,16-18H2,1-2H3,(H2,40,50)(H,45,49,51)(H2,41,43,44,46). The number of anilines is 4. The molecular weight excluding hydrogens is 797 g/mol. The molecule has 55 heavy (non-hydrogen) atoms. The van der Waals surface area contributed by atoms with E-state index in [1.165, 1.54) is 35.0 Å². The molecule has 3 amide bonds. The summed E-state index contributed by atoms with van der Waals surface area (Å²) in [7, 11) is -2.11. The zero-order valence-corrected chi connectivity index (χ0v) is 32.4. The molecule has 0 bridgehead atoms. The molecular formula is C37H39BrFN9O6S. The lowest BCUT2D eigenvalue weighted by Gasteiger charge is -2.21. The molecule has 6 N–H and O–H groups in total. The Bertz CT molecular complexity index is 2490. The van der Waals surface area contributed by atoms with Crippen molar-refractivity contribution in [2.75, 3.05) is 17.2 Å². The van der Waals surface area contributed by atoms with E-state index in [9.17, 15) is 32.0 Å². The third-order valence-corrected chi connectivity index (χ3v) is 11.4. The van der Waals surface area contributed by atoms with Gasteiger partial charge in [-0.3, -0.25) is 28.8 Å². The van der Waals surface area contributed by atoms with Gasteiger partial charge in [0.25, 0.3) is 5.91 Å². The molecule has 0 radical (unpaired) electrons. The maximum atomic E-state index is 14.3. The highest BCUT2D eigenvalue weighted by atomic mass is 79.9. The quantitative estimate of drug-likeness (QED) is 0.0705. The topological polar surface area (TPSA) is 212 Å². The number of sulfonamides is 1. The number of para-hydroxylation sites is 1. The smallest absolute Gasteiger partial charge is 0.329 e. The van der Waals surface area contributed by atoms with Gasteiger partial charge in [-0.2, -0.15) is 4.98 Å². The molecule has 0 spiro atoms. The van der Waals surface area contributed by atoms with Crippen molar-refractivity contribution in [3.63, 3.8) is 0 Å². The number of piperidine rings is 1. The van der Waals surface area contributed by atoms with Gasteiger partial charge >= 0.3 is 5.69 Å². The van der Waals surface area contributed by atoms with Crippen molar-refractivity contribution in [2.24, 2.45) is 12.8 Å². The molecule has 2 aromatic heterocycles. The van der Waals surface area contributed by atoms with E-state index in [1.807, 2.05) is 18.2 Å². The number of aromatic nitrogens is 4. The van der Waals surface area contributed by atoms with Gasteiger partial charge in [0.05, 0.1) is 31.7 Å². The van der Waals surface area contributed by atoms with E-state index in [2.05, 4.69) is 46.6 Å². The number of fused-ring (bicyclic) bond motifs is 1. The van der Waals surface area contributed by atoms with Crippen LogP contribution in [0.1, 0.15) is 66.1 Å². The number of carbonyl (C=O) groups is 3. The molecule has 1 unspecified atom stereocenters. The van der Waals surface area contributed by atoms with Crippen LogP contribution in [0, 0.1) is 12.7 Å². The van der Waals surface area contributed by atoms with Gasteiger partial charge in [0, 0.05) is 31.9 Å². The summed E-state index contributed by atoms with van der Waals surface area (Å²) in [5.41, 5.74) is 8.43. The van der Waals surface area contributed by atoms with Crippen molar-refractivity contribution < 1.29 is 27.2 Å². The second kappa shape index (κ2) is 16.5. The van der Waals surface area contributed by atoms with Crippen LogP contribution >= 0.6 is 15.9 Å². The summed E-state index contributed by atoms with van der Waals surface area (Å²) < 4.78 is 46.6. The molecule has 1 aliphatic rings. The van der Waals surface area contributed by atoms with E-state index < -0.39 is 33.7 Å². The molecule has 5 aromatic rings. The van der Waals surface area contributed by atoms with Gasteiger partial charge in [-0.15, -0.1) is 0 Å². The fraction of sp³-hybridized carbons (Fsp3) is 0.297. The number of imide groups is 1. The monoisotopic (exact) mass is 835 g/mol. The Morgan fingerprint density at radius 2 is 1.80 bits per heavy atom. The first-order chi connectivity index (χ1) is 26.2. The average Bonchev–Trinajstić information content (AvgIpc) is 3.39. The molecule has 3 heterocycles. The number of amides is 3. The van der Waals surface area contributed by atoms with Crippen molar-refractivity contribution in [1.82, 2.24) is 29.1 Å². The minimum absolute atomic E-state index is 0.0997. The molecule has 6 rings (SSSR count). The predicted octanol–water partition coefficient (Wildman–Crippen LogP) is 4.99. The van der Waals surface area contributed by atoms with Gasteiger partial charge in [0.15, 0.2) is 0 Å². The highest BCUT2D eigenvalue weighted by molar-refractivity contribution is 9.10. The van der Waals surface area contributed by atoms with E-state index in [-0.39, 0.29) is 58.9 Å². The third kappa shape index (κ3) is 8.60. The summed E-state index contributed by atoms with van der Waals surface area (Å²) in [5, 5.41) is 8.29. The number of primary amides is 1. The van der Waals surface area contributed by atoms with Crippen LogP contribution in [-0.2, 0) is 33.1 Å². The lowest BCUT2D eigenvalue weighted by molar-refractivity contribution is -0.135. The first kappa shape index (κ1) is 39.2. The van der Waals surface area contributed by atoms with E-state index >= 15 is 0 Å². The van der Waals surface area contributed by atoms with Gasteiger partial charge in [-0.25, -0.2) is 27.3 Å². The van der Waals surface area contributed by atoms with E-state index in [4.69, 9.17) is 5.73 Å². The maximum Gasteiger partial charge on any atom is 0.329 e. The molecule has 1 fully saturated rings. The zero-order chi connectivity index (χ0) is 39.4. The Hall–Kier alpha value is -5.46. The summed E-state index contributed by atoms with van der Waals surface area (Å²) >= 11 is 3.35. The summed E-state index contributed by atoms with van der Waals surface area (Å²) in [6, 6.07) is 13.6. The molecule has 1 aliphatic heterocycles. The number of aryl methyl sites for hydroxylation is 3. The van der Waals surface area contributed by atoms with Gasteiger partial charge < -0.3 is 16.4 Å². The molecule has 15 nitrogen and oxygen atoms in total. The van der Waals surface area contributed by atoms with Crippen molar-refractivity contribution in [1.29, 1.82) is 0 Å². The minimum atomic E-state index is -3.79. The first-order valence-corrected chi connectivity index (χ1v) is 19.8.